The van der Waals surface area contributed by atoms with E-state index in [2.05, 4.69) is 5.32 Å². The van der Waals surface area contributed by atoms with E-state index >= 15 is 0 Å². The third kappa shape index (κ3) is 5.55. The summed E-state index contributed by atoms with van der Waals surface area (Å²) in [6.45, 7) is 3.75. The lowest BCUT2D eigenvalue weighted by Crippen LogP contribution is -2.43. The van der Waals surface area contributed by atoms with Crippen molar-refractivity contribution in [2.45, 2.75) is 26.3 Å². The van der Waals surface area contributed by atoms with Gasteiger partial charge in [0.15, 0.2) is 0 Å². The number of thiophene rings is 1. The quantitative estimate of drug-likeness (QED) is 0.344. The fraction of sp³-hybridized carbons (Fsp3) is 0.192. The molecular formula is C26H25ClN4O2S. The van der Waals surface area contributed by atoms with Crippen LogP contribution in [0, 0.1) is 0 Å². The van der Waals surface area contributed by atoms with Crippen molar-refractivity contribution in [2.24, 2.45) is 0 Å². The van der Waals surface area contributed by atoms with Crippen molar-refractivity contribution in [1.29, 1.82) is 0 Å². The van der Waals surface area contributed by atoms with Crippen molar-refractivity contribution < 1.29 is 9.59 Å². The maximum Gasteiger partial charge on any atom is 0.245 e. The molecule has 6 nitrogen and oxygen atoms in total. The Hall–Kier alpha value is -3.42. The molecule has 0 bridgehead atoms. The summed E-state index contributed by atoms with van der Waals surface area (Å²) in [6, 6.07) is 22.6. The predicted octanol–water partition coefficient (Wildman–Crippen LogP) is 5.67. The van der Waals surface area contributed by atoms with Crippen molar-refractivity contribution >= 4 is 40.6 Å². The fourth-order valence-corrected chi connectivity index (χ4v) is 4.50. The molecule has 0 atom stereocenters. The van der Waals surface area contributed by atoms with E-state index < -0.39 is 0 Å². The number of hydrogen-bond donors (Lipinski definition) is 1. The molecule has 174 valence electrons. The Labute approximate surface area is 207 Å². The number of hydrogen-bond acceptors (Lipinski definition) is 4. The van der Waals surface area contributed by atoms with Crippen LogP contribution in [0.25, 0.3) is 16.9 Å². The summed E-state index contributed by atoms with van der Waals surface area (Å²) in [5.41, 5.74) is 2.26. The van der Waals surface area contributed by atoms with Crippen LogP contribution in [0.2, 0.25) is 5.02 Å². The monoisotopic (exact) mass is 492 g/mol. The lowest BCUT2D eigenvalue weighted by molar-refractivity contribution is -0.135. The van der Waals surface area contributed by atoms with Gasteiger partial charge in [-0.25, -0.2) is 4.68 Å². The minimum atomic E-state index is -0.305. The minimum Gasteiger partial charge on any atom is -0.331 e. The van der Waals surface area contributed by atoms with Crippen LogP contribution in [0.4, 0.5) is 5.82 Å². The number of halogens is 1. The number of carbonyl (C=O) groups excluding carboxylic acids is 2. The Morgan fingerprint density at radius 1 is 1.06 bits per heavy atom. The first-order chi connectivity index (χ1) is 16.4. The second-order valence-electron chi connectivity index (χ2n) is 8.06. The highest BCUT2D eigenvalue weighted by molar-refractivity contribution is 7.10. The van der Waals surface area contributed by atoms with Crippen LogP contribution in [0.1, 0.15) is 18.7 Å². The lowest BCUT2D eigenvalue weighted by Gasteiger charge is -2.26. The summed E-state index contributed by atoms with van der Waals surface area (Å²) in [7, 11) is 0. The summed E-state index contributed by atoms with van der Waals surface area (Å²) in [4.78, 5) is 28.5. The lowest BCUT2D eigenvalue weighted by atomic mass is 10.1. The van der Waals surface area contributed by atoms with E-state index in [9.17, 15) is 9.59 Å². The Morgan fingerprint density at radius 3 is 2.47 bits per heavy atom. The minimum absolute atomic E-state index is 0.0593. The Morgan fingerprint density at radius 2 is 1.79 bits per heavy atom. The molecule has 0 unspecified atom stereocenters. The largest absolute Gasteiger partial charge is 0.331 e. The van der Waals surface area contributed by atoms with E-state index in [0.717, 1.165) is 10.4 Å². The van der Waals surface area contributed by atoms with Gasteiger partial charge in [0, 0.05) is 22.5 Å². The zero-order chi connectivity index (χ0) is 24.1. The molecule has 34 heavy (non-hydrogen) atoms. The van der Waals surface area contributed by atoms with Gasteiger partial charge in [0.2, 0.25) is 11.8 Å². The molecule has 0 aliphatic heterocycles. The molecule has 4 rings (SSSR count). The van der Waals surface area contributed by atoms with Gasteiger partial charge in [-0.2, -0.15) is 5.10 Å². The molecule has 0 aliphatic carbocycles. The van der Waals surface area contributed by atoms with Crippen LogP contribution in [0.3, 0.4) is 0 Å². The van der Waals surface area contributed by atoms with Crippen molar-refractivity contribution in [3.63, 3.8) is 0 Å². The van der Waals surface area contributed by atoms with E-state index in [1.165, 1.54) is 11.3 Å². The topological polar surface area (TPSA) is 67.2 Å². The van der Waals surface area contributed by atoms with E-state index in [1.807, 2.05) is 86.0 Å². The highest BCUT2D eigenvalue weighted by Gasteiger charge is 2.22. The van der Waals surface area contributed by atoms with Crippen LogP contribution in [-0.2, 0) is 16.0 Å². The van der Waals surface area contributed by atoms with Crippen molar-refractivity contribution in [2.75, 3.05) is 11.9 Å². The fourth-order valence-electron chi connectivity index (χ4n) is 3.59. The molecule has 0 saturated heterocycles. The number of nitrogens with zero attached hydrogens (tertiary/aromatic N) is 3. The van der Waals surface area contributed by atoms with Gasteiger partial charge in [0.1, 0.15) is 12.4 Å². The maximum absolute atomic E-state index is 13.1. The molecule has 0 radical (unpaired) electrons. The van der Waals surface area contributed by atoms with Gasteiger partial charge < -0.3 is 10.2 Å². The molecule has 0 saturated carbocycles. The molecule has 1 N–H and O–H groups in total. The first kappa shape index (κ1) is 23.7. The van der Waals surface area contributed by atoms with Gasteiger partial charge in [0.05, 0.1) is 22.8 Å². The number of carbonyl (C=O) groups is 2. The number of rotatable bonds is 8. The van der Waals surface area contributed by atoms with Gasteiger partial charge in [-0.05, 0) is 37.4 Å². The van der Waals surface area contributed by atoms with Gasteiger partial charge >= 0.3 is 0 Å². The number of nitrogens with one attached hydrogen (secondary N) is 1. The molecule has 4 aromatic rings. The molecule has 0 aliphatic rings. The predicted molar refractivity (Wildman–Crippen MR) is 138 cm³/mol. The summed E-state index contributed by atoms with van der Waals surface area (Å²) in [5, 5.41) is 10.1. The average Bonchev–Trinajstić information content (AvgIpc) is 3.48. The molecule has 2 amide bonds. The SMILES string of the molecule is CC(C)N(CC(=O)Nc1cc(-c2ccccc2)nn1-c1ccccc1Cl)C(=O)Cc1cccs1. The van der Waals surface area contributed by atoms with E-state index in [-0.39, 0.29) is 30.8 Å². The summed E-state index contributed by atoms with van der Waals surface area (Å²) < 4.78 is 1.62. The molecule has 0 spiro atoms. The number of para-hydroxylation sites is 1. The molecular weight excluding hydrogens is 468 g/mol. The van der Waals surface area contributed by atoms with Gasteiger partial charge in [-0.3, -0.25) is 9.59 Å². The first-order valence-corrected chi connectivity index (χ1v) is 12.2. The highest BCUT2D eigenvalue weighted by Crippen LogP contribution is 2.28. The van der Waals surface area contributed by atoms with Crippen molar-refractivity contribution in [1.82, 2.24) is 14.7 Å². The van der Waals surface area contributed by atoms with E-state index in [0.29, 0.717) is 22.2 Å². The van der Waals surface area contributed by atoms with E-state index in [4.69, 9.17) is 16.7 Å². The van der Waals surface area contributed by atoms with Crippen LogP contribution in [0.5, 0.6) is 0 Å². The van der Waals surface area contributed by atoms with Gasteiger partial charge in [-0.15, -0.1) is 11.3 Å². The highest BCUT2D eigenvalue weighted by atomic mass is 35.5. The smallest absolute Gasteiger partial charge is 0.245 e. The summed E-state index contributed by atoms with van der Waals surface area (Å²) in [6.07, 6.45) is 0.277. The third-order valence-corrected chi connectivity index (χ3v) is 6.49. The summed E-state index contributed by atoms with van der Waals surface area (Å²) in [5.74, 6) is 0.0876. The van der Waals surface area contributed by atoms with Crippen molar-refractivity contribution in [3.8, 4) is 16.9 Å². The van der Waals surface area contributed by atoms with Gasteiger partial charge in [0.25, 0.3) is 0 Å². The van der Waals surface area contributed by atoms with Crippen LogP contribution >= 0.6 is 22.9 Å². The zero-order valence-electron chi connectivity index (χ0n) is 18.9. The second-order valence-corrected chi connectivity index (χ2v) is 9.50. The Bertz CT molecular complexity index is 1270. The second kappa shape index (κ2) is 10.7. The van der Waals surface area contributed by atoms with Crippen molar-refractivity contribution in [3.05, 3.63) is 88.1 Å². The number of benzene rings is 2. The molecule has 2 heterocycles. The Balaban J connectivity index is 1.59. The zero-order valence-corrected chi connectivity index (χ0v) is 20.5. The van der Waals surface area contributed by atoms with Gasteiger partial charge in [-0.1, -0.05) is 60.1 Å². The molecule has 2 aromatic carbocycles. The molecule has 2 aromatic heterocycles. The normalized spacial score (nSPS) is 10.9. The number of anilines is 1. The average molecular weight is 493 g/mol. The number of aromatic nitrogens is 2. The molecule has 0 fully saturated rings. The third-order valence-electron chi connectivity index (χ3n) is 5.29. The van der Waals surface area contributed by atoms with Crippen LogP contribution in [0.15, 0.2) is 78.2 Å². The molecule has 8 heteroatoms. The van der Waals surface area contributed by atoms with Crippen LogP contribution < -0.4 is 5.32 Å². The number of amides is 2. The standard InChI is InChI=1S/C26H25ClN4O2S/c1-18(2)30(26(33)15-20-11-8-14-34-20)17-25(32)28-24-16-22(19-9-4-3-5-10-19)29-31(24)23-13-7-6-12-21(23)27/h3-14,16,18H,15,17H2,1-2H3,(H,28,32). The van der Waals surface area contributed by atoms with Crippen LogP contribution in [-0.4, -0.2) is 39.1 Å². The maximum atomic E-state index is 13.1. The van der Waals surface area contributed by atoms with E-state index in [1.54, 1.807) is 15.6 Å². The summed E-state index contributed by atoms with van der Waals surface area (Å²) >= 11 is 7.96. The Kier molecular flexibility index (Phi) is 7.45. The first-order valence-electron chi connectivity index (χ1n) is 10.9.